The second-order valence-electron chi connectivity index (χ2n) is 4.22. The van der Waals surface area contributed by atoms with Crippen LogP contribution in [0.25, 0.3) is 0 Å². The van der Waals surface area contributed by atoms with Crippen LogP contribution in [0.2, 0.25) is 5.15 Å². The molecule has 0 bridgehead atoms. The minimum Gasteiger partial charge on any atom is -0.380 e. The van der Waals surface area contributed by atoms with Crippen LogP contribution >= 0.6 is 23.4 Å². The largest absolute Gasteiger partial charge is 0.380 e. The van der Waals surface area contributed by atoms with Crippen molar-refractivity contribution < 1.29 is 4.74 Å². The van der Waals surface area contributed by atoms with Crippen molar-refractivity contribution in [1.29, 1.82) is 0 Å². The molecule has 102 valence electrons. The molecule has 1 atom stereocenters. The van der Waals surface area contributed by atoms with Gasteiger partial charge in [0.15, 0.2) is 5.16 Å². The molecular weight excluding hydrogens is 270 g/mol. The predicted octanol–water partition coefficient (Wildman–Crippen LogP) is 3.32. The standard InChI is InChI=1S/C12H20ClN3OS/c1-5-17-7-9(8(2)3)14-11-6-10(13)15-12(16-11)18-4/h6,8-9H,5,7H2,1-4H3,(H,14,15,16). The first kappa shape index (κ1) is 15.5. The van der Waals surface area contributed by atoms with Gasteiger partial charge in [0.1, 0.15) is 11.0 Å². The number of thioether (sulfide) groups is 1. The number of rotatable bonds is 7. The molecule has 1 aromatic rings. The van der Waals surface area contributed by atoms with Crippen LogP contribution in [-0.2, 0) is 4.74 Å². The molecule has 1 rings (SSSR count). The van der Waals surface area contributed by atoms with E-state index in [-0.39, 0.29) is 6.04 Å². The third-order valence-electron chi connectivity index (χ3n) is 2.50. The van der Waals surface area contributed by atoms with Gasteiger partial charge >= 0.3 is 0 Å². The van der Waals surface area contributed by atoms with E-state index in [4.69, 9.17) is 16.3 Å². The van der Waals surface area contributed by atoms with Crippen molar-refractivity contribution in [3.05, 3.63) is 11.2 Å². The average molecular weight is 290 g/mol. The Labute approximate surface area is 118 Å². The highest BCUT2D eigenvalue weighted by Gasteiger charge is 2.14. The summed E-state index contributed by atoms with van der Waals surface area (Å²) in [5.41, 5.74) is 0. The molecule has 0 amide bonds. The number of nitrogens with zero attached hydrogens (tertiary/aromatic N) is 2. The Morgan fingerprint density at radius 3 is 2.72 bits per heavy atom. The van der Waals surface area contributed by atoms with Crippen molar-refractivity contribution in [1.82, 2.24) is 9.97 Å². The maximum atomic E-state index is 5.96. The fourth-order valence-corrected chi connectivity index (χ4v) is 2.01. The zero-order chi connectivity index (χ0) is 13.5. The van der Waals surface area contributed by atoms with Crippen LogP contribution in [0.15, 0.2) is 11.2 Å². The molecule has 0 aliphatic carbocycles. The van der Waals surface area contributed by atoms with Crippen molar-refractivity contribution in [3.8, 4) is 0 Å². The molecule has 4 nitrogen and oxygen atoms in total. The van der Waals surface area contributed by atoms with Crippen LogP contribution in [-0.4, -0.2) is 35.5 Å². The Morgan fingerprint density at radius 2 is 2.17 bits per heavy atom. The summed E-state index contributed by atoms with van der Waals surface area (Å²) in [6.07, 6.45) is 1.93. The smallest absolute Gasteiger partial charge is 0.190 e. The maximum absolute atomic E-state index is 5.96. The van der Waals surface area contributed by atoms with E-state index in [0.717, 1.165) is 5.82 Å². The summed E-state index contributed by atoms with van der Waals surface area (Å²) in [5.74, 6) is 1.20. The van der Waals surface area contributed by atoms with Gasteiger partial charge in [0.05, 0.1) is 12.6 Å². The molecule has 0 saturated heterocycles. The Balaban J connectivity index is 2.76. The summed E-state index contributed by atoms with van der Waals surface area (Å²) in [4.78, 5) is 8.50. The van der Waals surface area contributed by atoms with Crippen LogP contribution < -0.4 is 5.32 Å². The van der Waals surface area contributed by atoms with Gasteiger partial charge in [-0.15, -0.1) is 0 Å². The number of ether oxygens (including phenoxy) is 1. The number of hydrogen-bond acceptors (Lipinski definition) is 5. The summed E-state index contributed by atoms with van der Waals surface area (Å²) in [7, 11) is 0. The fourth-order valence-electron chi connectivity index (χ4n) is 1.40. The Hall–Kier alpha value is -0.520. The van der Waals surface area contributed by atoms with Gasteiger partial charge in [-0.2, -0.15) is 0 Å². The molecule has 0 radical (unpaired) electrons. The van der Waals surface area contributed by atoms with Gasteiger partial charge < -0.3 is 10.1 Å². The number of aromatic nitrogens is 2. The molecule has 0 aliphatic rings. The monoisotopic (exact) mass is 289 g/mol. The van der Waals surface area contributed by atoms with Crippen molar-refractivity contribution in [2.24, 2.45) is 5.92 Å². The number of hydrogen-bond donors (Lipinski definition) is 1. The highest BCUT2D eigenvalue weighted by molar-refractivity contribution is 7.98. The Bertz CT molecular complexity index is 376. The molecule has 0 spiro atoms. The first-order valence-corrected chi connectivity index (χ1v) is 7.60. The lowest BCUT2D eigenvalue weighted by molar-refractivity contribution is 0.126. The molecule has 1 aromatic heterocycles. The van der Waals surface area contributed by atoms with Crippen LogP contribution in [0.4, 0.5) is 5.82 Å². The van der Waals surface area contributed by atoms with Gasteiger partial charge in [-0.1, -0.05) is 37.2 Å². The summed E-state index contributed by atoms with van der Waals surface area (Å²) in [6, 6.07) is 1.95. The average Bonchev–Trinajstić information content (AvgIpc) is 2.33. The Morgan fingerprint density at radius 1 is 1.44 bits per heavy atom. The van der Waals surface area contributed by atoms with E-state index in [1.165, 1.54) is 11.8 Å². The first-order chi connectivity index (χ1) is 8.56. The Kier molecular flexibility index (Phi) is 6.75. The topological polar surface area (TPSA) is 47.0 Å². The predicted molar refractivity (Wildman–Crippen MR) is 77.6 cm³/mol. The van der Waals surface area contributed by atoms with E-state index in [0.29, 0.717) is 29.4 Å². The van der Waals surface area contributed by atoms with Crippen LogP contribution in [0.3, 0.4) is 0 Å². The van der Waals surface area contributed by atoms with Crippen molar-refractivity contribution >= 4 is 29.2 Å². The van der Waals surface area contributed by atoms with E-state index in [2.05, 4.69) is 29.1 Å². The molecule has 0 saturated carbocycles. The lowest BCUT2D eigenvalue weighted by Crippen LogP contribution is -2.31. The molecule has 1 N–H and O–H groups in total. The summed E-state index contributed by atoms with van der Waals surface area (Å²) in [5, 5.41) is 4.48. The van der Waals surface area contributed by atoms with Crippen molar-refractivity contribution in [2.45, 2.75) is 32.0 Å². The van der Waals surface area contributed by atoms with Gasteiger partial charge in [-0.3, -0.25) is 0 Å². The van der Waals surface area contributed by atoms with Gasteiger partial charge in [0.25, 0.3) is 0 Å². The minimum atomic E-state index is 0.214. The maximum Gasteiger partial charge on any atom is 0.190 e. The molecule has 0 fully saturated rings. The van der Waals surface area contributed by atoms with Gasteiger partial charge in [0, 0.05) is 12.7 Å². The van der Waals surface area contributed by atoms with Crippen molar-refractivity contribution in [2.75, 3.05) is 24.8 Å². The van der Waals surface area contributed by atoms with Crippen LogP contribution in [0.1, 0.15) is 20.8 Å². The lowest BCUT2D eigenvalue weighted by atomic mass is 10.1. The lowest BCUT2D eigenvalue weighted by Gasteiger charge is -2.22. The minimum absolute atomic E-state index is 0.214. The molecule has 1 unspecified atom stereocenters. The second kappa shape index (κ2) is 7.81. The summed E-state index contributed by atoms with van der Waals surface area (Å²) < 4.78 is 5.47. The molecule has 6 heteroatoms. The summed E-state index contributed by atoms with van der Waals surface area (Å²) in [6.45, 7) is 7.66. The highest BCUT2D eigenvalue weighted by atomic mass is 35.5. The van der Waals surface area contributed by atoms with Crippen molar-refractivity contribution in [3.63, 3.8) is 0 Å². The first-order valence-electron chi connectivity index (χ1n) is 5.99. The number of nitrogens with one attached hydrogen (secondary N) is 1. The van der Waals surface area contributed by atoms with E-state index in [1.807, 2.05) is 13.2 Å². The van der Waals surface area contributed by atoms with Gasteiger partial charge in [-0.05, 0) is 19.1 Å². The quantitative estimate of drug-likeness (QED) is 0.474. The van der Waals surface area contributed by atoms with E-state index in [9.17, 15) is 0 Å². The molecule has 18 heavy (non-hydrogen) atoms. The molecular formula is C12H20ClN3OS. The zero-order valence-electron chi connectivity index (χ0n) is 11.2. The number of halogens is 1. The fraction of sp³-hybridized carbons (Fsp3) is 0.667. The zero-order valence-corrected chi connectivity index (χ0v) is 12.8. The van der Waals surface area contributed by atoms with Gasteiger partial charge in [0.2, 0.25) is 0 Å². The normalized spacial score (nSPS) is 12.8. The van der Waals surface area contributed by atoms with E-state index in [1.54, 1.807) is 6.07 Å². The van der Waals surface area contributed by atoms with Crippen LogP contribution in [0.5, 0.6) is 0 Å². The van der Waals surface area contributed by atoms with Crippen LogP contribution in [0, 0.1) is 5.92 Å². The summed E-state index contributed by atoms with van der Waals surface area (Å²) >= 11 is 7.43. The third-order valence-corrected chi connectivity index (χ3v) is 3.24. The number of anilines is 1. The molecule has 1 heterocycles. The molecule has 0 aliphatic heterocycles. The highest BCUT2D eigenvalue weighted by Crippen LogP contribution is 2.19. The van der Waals surface area contributed by atoms with E-state index < -0.39 is 0 Å². The van der Waals surface area contributed by atoms with Gasteiger partial charge in [-0.25, -0.2) is 9.97 Å². The SMILES string of the molecule is CCOCC(Nc1cc(Cl)nc(SC)n1)C(C)C. The van der Waals surface area contributed by atoms with E-state index >= 15 is 0 Å². The third kappa shape index (κ3) is 5.00. The second-order valence-corrected chi connectivity index (χ2v) is 5.38. The molecule has 0 aromatic carbocycles.